The molecule has 1 fully saturated rings. The van der Waals surface area contributed by atoms with Gasteiger partial charge in [0.05, 0.1) is 19.3 Å². The topological polar surface area (TPSA) is 30.5 Å². The molecule has 1 rings (SSSR count). The van der Waals surface area contributed by atoms with Gasteiger partial charge in [0.2, 0.25) is 0 Å². The van der Waals surface area contributed by atoms with Crippen LogP contribution in [-0.2, 0) is 9.47 Å². The maximum Gasteiger partial charge on any atom is 0.162 e. The van der Waals surface area contributed by atoms with E-state index in [0.29, 0.717) is 6.04 Å². The van der Waals surface area contributed by atoms with Crippen LogP contribution >= 0.6 is 11.8 Å². The highest BCUT2D eigenvalue weighted by atomic mass is 32.2. The van der Waals surface area contributed by atoms with Gasteiger partial charge in [-0.2, -0.15) is 11.8 Å². The molecule has 0 aromatic rings. The Bertz CT molecular complexity index is 190. The first-order chi connectivity index (χ1) is 8.14. The van der Waals surface area contributed by atoms with E-state index in [2.05, 4.69) is 11.6 Å². The van der Waals surface area contributed by atoms with E-state index in [0.717, 1.165) is 19.8 Å². The van der Waals surface area contributed by atoms with Gasteiger partial charge in [0.15, 0.2) is 5.79 Å². The number of ether oxygens (including phenoxy) is 2. The molecule has 0 spiro atoms. The van der Waals surface area contributed by atoms with E-state index in [9.17, 15) is 0 Å². The molecule has 0 aromatic heterocycles. The Kier molecular flexibility index (Phi) is 7.51. The molecule has 0 radical (unpaired) electrons. The van der Waals surface area contributed by atoms with Crippen molar-refractivity contribution in [2.45, 2.75) is 51.4 Å². The minimum Gasteiger partial charge on any atom is -0.349 e. The molecule has 0 aromatic carbocycles. The predicted octanol–water partition coefficient (Wildman–Crippen LogP) is 2.65. The molecule has 0 atom stereocenters. The largest absolute Gasteiger partial charge is 0.349 e. The summed E-state index contributed by atoms with van der Waals surface area (Å²) in [6.07, 6.45) is 7.46. The van der Waals surface area contributed by atoms with Crippen LogP contribution in [0, 0.1) is 0 Å². The first-order valence-electron chi connectivity index (χ1n) is 6.64. The fraction of sp³-hybridized carbons (Fsp3) is 1.00. The van der Waals surface area contributed by atoms with Gasteiger partial charge in [-0.05, 0) is 45.2 Å². The Labute approximate surface area is 110 Å². The highest BCUT2D eigenvalue weighted by molar-refractivity contribution is 7.98. The molecule has 1 aliphatic rings. The van der Waals surface area contributed by atoms with E-state index < -0.39 is 5.79 Å². The maximum absolute atomic E-state index is 5.60. The summed E-state index contributed by atoms with van der Waals surface area (Å²) >= 11 is 1.94. The minimum atomic E-state index is -0.393. The third-order valence-electron chi connectivity index (χ3n) is 2.97. The number of thioether (sulfide) groups is 1. The SMILES string of the molecule is CSCCCCCCNC1COC(C)(C)OC1. The van der Waals surface area contributed by atoms with Crippen LogP contribution in [0.15, 0.2) is 0 Å². The van der Waals surface area contributed by atoms with Gasteiger partial charge >= 0.3 is 0 Å². The highest BCUT2D eigenvalue weighted by Gasteiger charge is 2.27. The van der Waals surface area contributed by atoms with Gasteiger partial charge in [-0.15, -0.1) is 0 Å². The molecule has 1 heterocycles. The zero-order valence-corrected chi connectivity index (χ0v) is 12.3. The zero-order chi connectivity index (χ0) is 12.6. The Balaban J connectivity index is 1.90. The van der Waals surface area contributed by atoms with Gasteiger partial charge in [0.1, 0.15) is 0 Å². The first kappa shape index (κ1) is 15.3. The Hall–Kier alpha value is 0.230. The van der Waals surface area contributed by atoms with Gasteiger partial charge in [-0.1, -0.05) is 12.8 Å². The van der Waals surface area contributed by atoms with Crippen LogP contribution < -0.4 is 5.32 Å². The molecule has 0 amide bonds. The predicted molar refractivity (Wildman–Crippen MR) is 74.6 cm³/mol. The van der Waals surface area contributed by atoms with Crippen LogP contribution in [0.5, 0.6) is 0 Å². The van der Waals surface area contributed by atoms with Gasteiger partial charge < -0.3 is 14.8 Å². The quantitative estimate of drug-likeness (QED) is 0.681. The normalized spacial score (nSPS) is 20.6. The van der Waals surface area contributed by atoms with Gasteiger partial charge in [0.25, 0.3) is 0 Å². The van der Waals surface area contributed by atoms with Gasteiger partial charge in [0, 0.05) is 0 Å². The smallest absolute Gasteiger partial charge is 0.162 e. The van der Waals surface area contributed by atoms with Crippen LogP contribution in [0.2, 0.25) is 0 Å². The molecule has 0 saturated carbocycles. The second-order valence-electron chi connectivity index (χ2n) is 5.08. The second kappa shape index (κ2) is 8.35. The van der Waals surface area contributed by atoms with Crippen LogP contribution in [0.3, 0.4) is 0 Å². The monoisotopic (exact) mass is 261 g/mol. The molecule has 4 heteroatoms. The molecular weight excluding hydrogens is 234 g/mol. The van der Waals surface area contributed by atoms with E-state index >= 15 is 0 Å². The summed E-state index contributed by atoms with van der Waals surface area (Å²) in [5.41, 5.74) is 0. The molecule has 1 saturated heterocycles. The van der Waals surface area contributed by atoms with Crippen molar-refractivity contribution in [3.05, 3.63) is 0 Å². The van der Waals surface area contributed by atoms with Crippen molar-refractivity contribution in [2.24, 2.45) is 0 Å². The minimum absolute atomic E-state index is 0.370. The average molecular weight is 261 g/mol. The summed E-state index contributed by atoms with van der Waals surface area (Å²) < 4.78 is 11.2. The zero-order valence-electron chi connectivity index (χ0n) is 11.5. The van der Waals surface area contributed by atoms with E-state index in [1.807, 2.05) is 25.6 Å². The van der Waals surface area contributed by atoms with Crippen molar-refractivity contribution in [2.75, 3.05) is 31.8 Å². The molecule has 0 aliphatic carbocycles. The number of hydrogen-bond acceptors (Lipinski definition) is 4. The first-order valence-corrected chi connectivity index (χ1v) is 8.04. The van der Waals surface area contributed by atoms with E-state index in [1.54, 1.807) is 0 Å². The van der Waals surface area contributed by atoms with Crippen molar-refractivity contribution < 1.29 is 9.47 Å². The average Bonchev–Trinajstić information content (AvgIpc) is 2.30. The van der Waals surface area contributed by atoms with Crippen LogP contribution in [0.25, 0.3) is 0 Å². The lowest BCUT2D eigenvalue weighted by atomic mass is 10.2. The van der Waals surface area contributed by atoms with Crippen LogP contribution in [0.4, 0.5) is 0 Å². The Morgan fingerprint density at radius 2 is 1.76 bits per heavy atom. The Morgan fingerprint density at radius 3 is 2.41 bits per heavy atom. The maximum atomic E-state index is 5.60. The number of unbranched alkanes of at least 4 members (excludes halogenated alkanes) is 3. The second-order valence-corrected chi connectivity index (χ2v) is 6.07. The van der Waals surface area contributed by atoms with Crippen molar-refractivity contribution in [3.63, 3.8) is 0 Å². The lowest BCUT2D eigenvalue weighted by molar-refractivity contribution is -0.252. The summed E-state index contributed by atoms with van der Waals surface area (Å²) in [5.74, 6) is 0.906. The van der Waals surface area contributed by atoms with Crippen molar-refractivity contribution in [3.8, 4) is 0 Å². The lowest BCUT2D eigenvalue weighted by Gasteiger charge is -2.35. The summed E-state index contributed by atoms with van der Waals surface area (Å²) in [5, 5.41) is 3.50. The summed E-state index contributed by atoms with van der Waals surface area (Å²) in [7, 11) is 0. The standard InChI is InChI=1S/C13H27NO2S/c1-13(2)15-10-12(11-16-13)14-8-6-4-5-7-9-17-3/h12,14H,4-11H2,1-3H3. The molecule has 1 N–H and O–H groups in total. The van der Waals surface area contributed by atoms with E-state index in [1.165, 1.54) is 31.4 Å². The highest BCUT2D eigenvalue weighted by Crippen LogP contribution is 2.16. The Morgan fingerprint density at radius 1 is 1.12 bits per heavy atom. The van der Waals surface area contributed by atoms with E-state index in [-0.39, 0.29) is 0 Å². The molecule has 17 heavy (non-hydrogen) atoms. The van der Waals surface area contributed by atoms with Crippen molar-refractivity contribution >= 4 is 11.8 Å². The molecular formula is C13H27NO2S. The number of nitrogens with one attached hydrogen (secondary N) is 1. The molecule has 1 aliphatic heterocycles. The fourth-order valence-electron chi connectivity index (χ4n) is 1.84. The van der Waals surface area contributed by atoms with E-state index in [4.69, 9.17) is 9.47 Å². The number of hydrogen-bond donors (Lipinski definition) is 1. The third kappa shape index (κ3) is 7.29. The summed E-state index contributed by atoms with van der Waals surface area (Å²) in [6, 6.07) is 0.370. The molecule has 3 nitrogen and oxygen atoms in total. The third-order valence-corrected chi connectivity index (χ3v) is 3.67. The van der Waals surface area contributed by atoms with Gasteiger partial charge in [-0.25, -0.2) is 0 Å². The van der Waals surface area contributed by atoms with Crippen molar-refractivity contribution in [1.82, 2.24) is 5.32 Å². The molecule has 0 unspecified atom stereocenters. The van der Waals surface area contributed by atoms with Crippen molar-refractivity contribution in [1.29, 1.82) is 0 Å². The van der Waals surface area contributed by atoms with Crippen LogP contribution in [-0.4, -0.2) is 43.6 Å². The lowest BCUT2D eigenvalue weighted by Crippen LogP contribution is -2.48. The summed E-state index contributed by atoms with van der Waals surface area (Å²) in [6.45, 7) is 6.54. The summed E-state index contributed by atoms with van der Waals surface area (Å²) in [4.78, 5) is 0. The molecule has 0 bridgehead atoms. The fourth-order valence-corrected chi connectivity index (χ4v) is 2.33. The van der Waals surface area contributed by atoms with Crippen LogP contribution in [0.1, 0.15) is 39.5 Å². The van der Waals surface area contributed by atoms with Gasteiger partial charge in [-0.3, -0.25) is 0 Å². The number of rotatable bonds is 8. The molecule has 102 valence electrons.